The highest BCUT2D eigenvalue weighted by Crippen LogP contribution is 2.24. The molecule has 1 aromatic heterocycles. The number of aromatic nitrogens is 2. The van der Waals surface area contributed by atoms with Gasteiger partial charge in [-0.15, -0.1) is 0 Å². The van der Waals surface area contributed by atoms with Gasteiger partial charge in [0.2, 0.25) is 0 Å². The van der Waals surface area contributed by atoms with E-state index in [0.29, 0.717) is 12.2 Å². The summed E-state index contributed by atoms with van der Waals surface area (Å²) in [7, 11) is 0. The van der Waals surface area contributed by atoms with E-state index in [-0.39, 0.29) is 17.5 Å². The minimum Gasteiger partial charge on any atom is -0.376 e. The van der Waals surface area contributed by atoms with Gasteiger partial charge in [-0.25, -0.2) is 4.39 Å². The van der Waals surface area contributed by atoms with Crippen molar-refractivity contribution >= 4 is 17.1 Å². The predicted molar refractivity (Wildman–Crippen MR) is 77.5 cm³/mol. The minimum absolute atomic E-state index is 0.169. The summed E-state index contributed by atoms with van der Waals surface area (Å²) in [6.07, 6.45) is 5.58. The van der Waals surface area contributed by atoms with E-state index in [0.717, 1.165) is 25.5 Å². The highest BCUT2D eigenvalue weighted by molar-refractivity contribution is 5.60. The molecule has 0 saturated carbocycles. The molecule has 2 aromatic rings. The third kappa shape index (κ3) is 3.22. The van der Waals surface area contributed by atoms with E-state index in [2.05, 4.69) is 10.4 Å². The van der Waals surface area contributed by atoms with E-state index in [1.165, 1.54) is 12.1 Å². The quantitative estimate of drug-likeness (QED) is 0.678. The highest BCUT2D eigenvalue weighted by atomic mass is 19.1. The summed E-state index contributed by atoms with van der Waals surface area (Å²) in [6, 6.07) is 3.48. The maximum atomic E-state index is 13.8. The van der Waals surface area contributed by atoms with E-state index in [9.17, 15) is 14.5 Å². The summed E-state index contributed by atoms with van der Waals surface area (Å²) in [6.45, 7) is 1.44. The zero-order valence-corrected chi connectivity index (χ0v) is 11.7. The summed E-state index contributed by atoms with van der Waals surface area (Å²) in [4.78, 5) is 9.95. The Morgan fingerprint density at radius 3 is 3.09 bits per heavy atom. The maximum absolute atomic E-state index is 13.8. The summed E-state index contributed by atoms with van der Waals surface area (Å²) < 4.78 is 21.1. The van der Waals surface area contributed by atoms with Crippen LogP contribution < -0.4 is 5.32 Å². The first kappa shape index (κ1) is 14.5. The van der Waals surface area contributed by atoms with Gasteiger partial charge in [0.1, 0.15) is 0 Å². The Hall–Kier alpha value is -2.48. The Morgan fingerprint density at radius 1 is 1.55 bits per heavy atom. The first-order valence-electron chi connectivity index (χ1n) is 6.97. The predicted octanol–water partition coefficient (Wildman–Crippen LogP) is 2.85. The molecule has 1 aliphatic rings. The second-order valence-electron chi connectivity index (χ2n) is 5.13. The van der Waals surface area contributed by atoms with Crippen LogP contribution in [-0.4, -0.2) is 27.4 Å². The van der Waals surface area contributed by atoms with E-state index >= 15 is 0 Å². The molecule has 22 heavy (non-hydrogen) atoms. The maximum Gasteiger partial charge on any atom is 0.272 e. The molecule has 1 unspecified atom stereocenters. The zero-order valence-electron chi connectivity index (χ0n) is 11.7. The fraction of sp³-hybridized carbons (Fsp3) is 0.357. The second kappa shape index (κ2) is 6.10. The fourth-order valence-corrected chi connectivity index (χ4v) is 2.40. The fourth-order valence-electron chi connectivity index (χ4n) is 2.40. The third-order valence-corrected chi connectivity index (χ3v) is 3.49. The van der Waals surface area contributed by atoms with Gasteiger partial charge in [-0.05, 0) is 18.9 Å². The number of nitrogens with zero attached hydrogens (tertiary/aromatic N) is 3. The SMILES string of the molecule is O=[N+]([O-])c1ccc(Nc2cnn(CC3CCCO3)c2)c(F)c1. The van der Waals surface area contributed by atoms with Gasteiger partial charge in [-0.3, -0.25) is 14.8 Å². The molecule has 8 heteroatoms. The van der Waals surface area contributed by atoms with E-state index in [4.69, 9.17) is 4.74 Å². The number of benzene rings is 1. The minimum atomic E-state index is -0.680. The molecule has 1 fully saturated rings. The molecule has 1 saturated heterocycles. The van der Waals surface area contributed by atoms with Crippen molar-refractivity contribution in [3.8, 4) is 0 Å². The van der Waals surface area contributed by atoms with Gasteiger partial charge in [-0.2, -0.15) is 5.10 Å². The molecule has 1 aliphatic heterocycles. The molecular formula is C14H15FN4O3. The third-order valence-electron chi connectivity index (χ3n) is 3.49. The number of nitro benzene ring substituents is 1. The topological polar surface area (TPSA) is 82.2 Å². The van der Waals surface area contributed by atoms with Gasteiger partial charge in [0, 0.05) is 18.9 Å². The number of nitro groups is 1. The van der Waals surface area contributed by atoms with Crippen LogP contribution >= 0.6 is 0 Å². The molecule has 2 heterocycles. The average Bonchev–Trinajstić information content (AvgIpc) is 3.13. The van der Waals surface area contributed by atoms with Crippen molar-refractivity contribution in [3.05, 3.63) is 46.5 Å². The molecular weight excluding hydrogens is 291 g/mol. The van der Waals surface area contributed by atoms with Crippen molar-refractivity contribution in [2.24, 2.45) is 0 Å². The van der Waals surface area contributed by atoms with Crippen molar-refractivity contribution in [3.63, 3.8) is 0 Å². The van der Waals surface area contributed by atoms with Gasteiger partial charge in [-0.1, -0.05) is 0 Å². The molecule has 1 atom stereocenters. The van der Waals surface area contributed by atoms with Gasteiger partial charge in [0.05, 0.1) is 41.2 Å². The van der Waals surface area contributed by atoms with E-state index < -0.39 is 10.7 Å². The number of hydrogen-bond acceptors (Lipinski definition) is 5. The summed E-state index contributed by atoms with van der Waals surface area (Å²) in [5.74, 6) is -0.680. The van der Waals surface area contributed by atoms with Crippen LogP contribution in [0.15, 0.2) is 30.6 Å². The highest BCUT2D eigenvalue weighted by Gasteiger charge is 2.16. The molecule has 0 amide bonds. The number of halogens is 1. The molecule has 0 bridgehead atoms. The number of non-ortho nitro benzene ring substituents is 1. The van der Waals surface area contributed by atoms with Crippen molar-refractivity contribution in [2.45, 2.75) is 25.5 Å². The van der Waals surface area contributed by atoms with Gasteiger partial charge in [0.15, 0.2) is 5.82 Å². The summed E-state index contributed by atoms with van der Waals surface area (Å²) >= 11 is 0. The largest absolute Gasteiger partial charge is 0.376 e. The number of anilines is 2. The van der Waals surface area contributed by atoms with Crippen LogP contribution in [0.2, 0.25) is 0 Å². The van der Waals surface area contributed by atoms with E-state index in [1.54, 1.807) is 17.1 Å². The molecule has 116 valence electrons. The van der Waals surface area contributed by atoms with Crippen molar-refractivity contribution in [1.29, 1.82) is 0 Å². The Labute approximate surface area is 125 Å². The number of nitrogens with one attached hydrogen (secondary N) is 1. The van der Waals surface area contributed by atoms with Crippen LogP contribution in [0, 0.1) is 15.9 Å². The second-order valence-corrected chi connectivity index (χ2v) is 5.13. The molecule has 7 nitrogen and oxygen atoms in total. The summed E-state index contributed by atoms with van der Waals surface area (Å²) in [5.41, 5.74) is 0.505. The smallest absolute Gasteiger partial charge is 0.272 e. The van der Waals surface area contributed by atoms with Crippen LogP contribution in [0.25, 0.3) is 0 Å². The zero-order chi connectivity index (χ0) is 15.5. The monoisotopic (exact) mass is 306 g/mol. The number of rotatable bonds is 5. The lowest BCUT2D eigenvalue weighted by Gasteiger charge is -2.08. The Balaban J connectivity index is 1.68. The standard InChI is InChI=1S/C14H15FN4O3/c15-13-6-11(19(20)21)3-4-14(13)17-10-7-16-18(8-10)9-12-2-1-5-22-12/h3-4,6-8,12,17H,1-2,5,9H2. The lowest BCUT2D eigenvalue weighted by atomic mass is 10.2. The Bertz CT molecular complexity index is 682. The Morgan fingerprint density at radius 2 is 2.41 bits per heavy atom. The van der Waals surface area contributed by atoms with Gasteiger partial charge < -0.3 is 10.1 Å². The van der Waals surface area contributed by atoms with Crippen LogP contribution in [0.3, 0.4) is 0 Å². The normalized spacial score (nSPS) is 17.6. The van der Waals surface area contributed by atoms with Crippen molar-refractivity contribution < 1.29 is 14.1 Å². The van der Waals surface area contributed by atoms with E-state index in [1.807, 2.05) is 0 Å². The Kier molecular flexibility index (Phi) is 4.01. The first-order chi connectivity index (χ1) is 10.6. The van der Waals surface area contributed by atoms with Gasteiger partial charge in [0.25, 0.3) is 5.69 Å². The van der Waals surface area contributed by atoms with Crippen molar-refractivity contribution in [1.82, 2.24) is 9.78 Å². The molecule has 0 spiro atoms. The molecule has 1 N–H and O–H groups in total. The molecule has 0 aliphatic carbocycles. The molecule has 3 rings (SSSR count). The van der Waals surface area contributed by atoms with Gasteiger partial charge >= 0.3 is 0 Å². The number of hydrogen-bond donors (Lipinski definition) is 1. The first-order valence-corrected chi connectivity index (χ1v) is 6.97. The molecule has 0 radical (unpaired) electrons. The van der Waals surface area contributed by atoms with Crippen molar-refractivity contribution in [2.75, 3.05) is 11.9 Å². The van der Waals surface area contributed by atoms with Crippen LogP contribution in [0.5, 0.6) is 0 Å². The molecule has 1 aromatic carbocycles. The van der Waals surface area contributed by atoms with Crippen LogP contribution in [0.1, 0.15) is 12.8 Å². The number of ether oxygens (including phenoxy) is 1. The van der Waals surface area contributed by atoms with Crippen LogP contribution in [-0.2, 0) is 11.3 Å². The van der Waals surface area contributed by atoms with Crippen LogP contribution in [0.4, 0.5) is 21.5 Å². The summed E-state index contributed by atoms with van der Waals surface area (Å²) in [5, 5.41) is 17.6. The average molecular weight is 306 g/mol. The lowest BCUT2D eigenvalue weighted by molar-refractivity contribution is -0.385. The lowest BCUT2D eigenvalue weighted by Crippen LogP contribution is -2.15.